The molecule has 0 aliphatic carbocycles. The van der Waals surface area contributed by atoms with E-state index in [4.69, 9.17) is 0 Å². The van der Waals surface area contributed by atoms with Crippen LogP contribution in [0.25, 0.3) is 0 Å². The van der Waals surface area contributed by atoms with E-state index in [1.165, 1.54) is 4.90 Å². The highest BCUT2D eigenvalue weighted by Gasteiger charge is 2.41. The molecule has 0 aromatic rings. The van der Waals surface area contributed by atoms with Crippen molar-refractivity contribution in [3.63, 3.8) is 0 Å². The predicted octanol–water partition coefficient (Wildman–Crippen LogP) is 0.297. The normalized spacial score (nSPS) is 18.2. The van der Waals surface area contributed by atoms with Gasteiger partial charge in [-0.2, -0.15) is 0 Å². The zero-order valence-electron chi connectivity index (χ0n) is 10.6. The molecule has 0 unspecified atom stereocenters. The summed E-state index contributed by atoms with van der Waals surface area (Å²) in [6.07, 6.45) is -1.84. The Morgan fingerprint density at radius 2 is 2.00 bits per heavy atom. The van der Waals surface area contributed by atoms with Crippen LogP contribution in [0, 0.1) is 0 Å². The maximum Gasteiger partial charge on any atom is 0.266 e. The number of nitrogens with zero attached hydrogens (tertiary/aromatic N) is 1. The lowest BCUT2D eigenvalue weighted by Gasteiger charge is -2.37. The average Bonchev–Trinajstić information content (AvgIpc) is 2.39. The molecule has 7 heteroatoms. The van der Waals surface area contributed by atoms with Crippen LogP contribution in [-0.2, 0) is 9.59 Å². The van der Waals surface area contributed by atoms with E-state index in [-0.39, 0.29) is 50.7 Å². The van der Waals surface area contributed by atoms with Crippen molar-refractivity contribution in [2.24, 2.45) is 0 Å². The van der Waals surface area contributed by atoms with Crippen molar-refractivity contribution in [2.45, 2.75) is 31.3 Å². The van der Waals surface area contributed by atoms with Gasteiger partial charge in [0.05, 0.1) is 0 Å². The molecule has 0 aromatic heterocycles. The first-order chi connectivity index (χ1) is 8.89. The first kappa shape index (κ1) is 15.6. The van der Waals surface area contributed by atoms with Gasteiger partial charge in [-0.25, -0.2) is 8.78 Å². The number of piperidine rings is 1. The molecule has 1 heterocycles. The summed E-state index contributed by atoms with van der Waals surface area (Å²) < 4.78 is 25.1. The van der Waals surface area contributed by atoms with Crippen molar-refractivity contribution >= 4 is 11.8 Å². The molecule has 2 amide bonds. The summed E-state index contributed by atoms with van der Waals surface area (Å²) in [5.41, 5.74) is -1.98. The lowest BCUT2D eigenvalue weighted by atomic mass is 9.92. The maximum absolute atomic E-state index is 12.6. The van der Waals surface area contributed by atoms with Crippen molar-refractivity contribution in [1.29, 1.82) is 0 Å². The third-order valence-electron chi connectivity index (χ3n) is 3.21. The Labute approximate surface area is 110 Å². The number of hydrogen-bond acceptors (Lipinski definition) is 3. The first-order valence-electron chi connectivity index (χ1n) is 6.07. The lowest BCUT2D eigenvalue weighted by molar-refractivity contribution is -0.147. The summed E-state index contributed by atoms with van der Waals surface area (Å²) in [5, 5.41) is 12.0. The van der Waals surface area contributed by atoms with Gasteiger partial charge in [0, 0.05) is 26.1 Å². The van der Waals surface area contributed by atoms with Crippen LogP contribution in [0.3, 0.4) is 0 Å². The van der Waals surface area contributed by atoms with E-state index in [1.807, 2.05) is 0 Å². The first-order valence-corrected chi connectivity index (χ1v) is 6.07. The summed E-state index contributed by atoms with van der Waals surface area (Å²) in [4.78, 5) is 24.0. The van der Waals surface area contributed by atoms with E-state index in [9.17, 15) is 23.5 Å². The summed E-state index contributed by atoms with van der Waals surface area (Å²) in [7, 11) is 0. The van der Waals surface area contributed by atoms with E-state index < -0.39 is 12.0 Å². The molecule has 2 N–H and O–H groups in total. The molecule has 0 radical (unpaired) electrons. The Bertz CT molecular complexity index is 353. The zero-order chi connectivity index (χ0) is 14.5. The highest BCUT2D eigenvalue weighted by Crippen LogP contribution is 2.28. The number of hydrogen-bond donors (Lipinski definition) is 2. The Morgan fingerprint density at radius 3 is 2.47 bits per heavy atom. The number of amides is 2. The molecule has 0 spiro atoms. The molecule has 108 valence electrons. The minimum atomic E-state index is -2.79. The Balaban J connectivity index is 2.33. The van der Waals surface area contributed by atoms with Crippen molar-refractivity contribution in [2.75, 3.05) is 19.6 Å². The van der Waals surface area contributed by atoms with Crippen LogP contribution in [0.2, 0.25) is 0 Å². The second kappa shape index (κ2) is 6.60. The number of carbonyl (C=O) groups excluding carboxylic acids is 2. The molecule has 1 rings (SSSR count). The largest absolute Gasteiger partial charge is 0.384 e. The molecule has 0 aromatic carbocycles. The second-order valence-electron chi connectivity index (χ2n) is 4.53. The topological polar surface area (TPSA) is 69.6 Å². The van der Waals surface area contributed by atoms with E-state index in [1.54, 1.807) is 0 Å². The molecule has 0 saturated carbocycles. The minimum absolute atomic E-state index is 0.104. The van der Waals surface area contributed by atoms with Gasteiger partial charge in [-0.3, -0.25) is 9.59 Å². The summed E-state index contributed by atoms with van der Waals surface area (Å²) in [6.45, 7) is 3.67. The average molecular weight is 276 g/mol. The van der Waals surface area contributed by atoms with Crippen molar-refractivity contribution in [1.82, 2.24) is 10.2 Å². The number of nitrogens with one attached hydrogen (secondary N) is 1. The number of aliphatic hydroxyl groups is 1. The third kappa shape index (κ3) is 4.27. The van der Waals surface area contributed by atoms with Gasteiger partial charge < -0.3 is 15.3 Å². The monoisotopic (exact) mass is 276 g/mol. The van der Waals surface area contributed by atoms with Crippen LogP contribution in [0.5, 0.6) is 0 Å². The Kier molecular flexibility index (Phi) is 5.41. The fraction of sp³-hybridized carbons (Fsp3) is 0.667. The molecule has 1 fully saturated rings. The zero-order valence-corrected chi connectivity index (χ0v) is 10.6. The fourth-order valence-electron chi connectivity index (χ4n) is 1.88. The van der Waals surface area contributed by atoms with Gasteiger partial charge in [0.25, 0.3) is 6.43 Å². The minimum Gasteiger partial charge on any atom is -0.384 e. The molecule has 19 heavy (non-hydrogen) atoms. The molecule has 1 aliphatic rings. The Morgan fingerprint density at radius 1 is 1.42 bits per heavy atom. The smallest absolute Gasteiger partial charge is 0.266 e. The number of halogens is 2. The van der Waals surface area contributed by atoms with Gasteiger partial charge in [0.15, 0.2) is 0 Å². The summed E-state index contributed by atoms with van der Waals surface area (Å²) >= 11 is 0. The highest BCUT2D eigenvalue weighted by atomic mass is 19.3. The summed E-state index contributed by atoms with van der Waals surface area (Å²) in [5.74, 6) is -0.584. The predicted molar refractivity (Wildman–Crippen MR) is 64.6 cm³/mol. The van der Waals surface area contributed by atoms with Crippen LogP contribution < -0.4 is 5.32 Å². The number of alkyl halides is 2. The van der Waals surface area contributed by atoms with Gasteiger partial charge in [0.2, 0.25) is 11.8 Å². The van der Waals surface area contributed by atoms with E-state index in [2.05, 4.69) is 11.9 Å². The number of carbonyl (C=O) groups is 2. The van der Waals surface area contributed by atoms with Gasteiger partial charge in [-0.1, -0.05) is 6.58 Å². The second-order valence-corrected chi connectivity index (χ2v) is 4.53. The quantitative estimate of drug-likeness (QED) is 0.709. The standard InChI is InChI=1S/C12H18F2N2O3/c1-2-9(17)15-6-3-10(18)16-7-4-12(19,5-8-16)11(13)14/h2,11,19H,1,3-8H2,(H,15,17). The van der Waals surface area contributed by atoms with Crippen LogP contribution >= 0.6 is 0 Å². The Hall–Kier alpha value is -1.50. The van der Waals surface area contributed by atoms with Gasteiger partial charge in [-0.05, 0) is 18.9 Å². The molecule has 1 saturated heterocycles. The van der Waals surface area contributed by atoms with E-state index in [0.29, 0.717) is 0 Å². The molecule has 0 atom stereocenters. The van der Waals surface area contributed by atoms with Gasteiger partial charge >= 0.3 is 0 Å². The van der Waals surface area contributed by atoms with Gasteiger partial charge in [-0.15, -0.1) is 0 Å². The molecule has 1 aliphatic heterocycles. The van der Waals surface area contributed by atoms with Crippen molar-refractivity contribution < 1.29 is 23.5 Å². The summed E-state index contributed by atoms with van der Waals surface area (Å²) in [6, 6.07) is 0. The van der Waals surface area contributed by atoms with Crippen LogP contribution in [0.1, 0.15) is 19.3 Å². The van der Waals surface area contributed by atoms with Crippen LogP contribution in [0.4, 0.5) is 8.78 Å². The van der Waals surface area contributed by atoms with E-state index in [0.717, 1.165) is 6.08 Å². The molecule has 0 bridgehead atoms. The van der Waals surface area contributed by atoms with Gasteiger partial charge in [0.1, 0.15) is 5.60 Å². The highest BCUT2D eigenvalue weighted by molar-refractivity contribution is 5.87. The van der Waals surface area contributed by atoms with Crippen molar-refractivity contribution in [3.05, 3.63) is 12.7 Å². The third-order valence-corrected chi connectivity index (χ3v) is 3.21. The van der Waals surface area contributed by atoms with Crippen LogP contribution in [0.15, 0.2) is 12.7 Å². The number of rotatable bonds is 5. The lowest BCUT2D eigenvalue weighted by Crippen LogP contribution is -2.50. The molecular weight excluding hydrogens is 258 g/mol. The SMILES string of the molecule is C=CC(=O)NCCC(=O)N1CCC(O)(C(F)F)CC1. The van der Waals surface area contributed by atoms with Crippen LogP contribution in [-0.4, -0.2) is 53.5 Å². The van der Waals surface area contributed by atoms with Crippen molar-refractivity contribution in [3.8, 4) is 0 Å². The van der Waals surface area contributed by atoms with E-state index >= 15 is 0 Å². The molecular formula is C12H18F2N2O3. The maximum atomic E-state index is 12.6. The fourth-order valence-corrected chi connectivity index (χ4v) is 1.88. The number of likely N-dealkylation sites (tertiary alicyclic amines) is 1. The molecule has 5 nitrogen and oxygen atoms in total.